The number of nitrogens with zero attached hydrogens (tertiary/aromatic N) is 4. The van der Waals surface area contributed by atoms with Crippen molar-refractivity contribution in [3.8, 4) is 34.1 Å². The molecule has 51 heavy (non-hydrogen) atoms. The van der Waals surface area contributed by atoms with Gasteiger partial charge < -0.3 is 9.30 Å². The van der Waals surface area contributed by atoms with Crippen LogP contribution in [0.25, 0.3) is 44.4 Å². The molecule has 0 spiro atoms. The minimum atomic E-state index is 0. The van der Waals surface area contributed by atoms with Gasteiger partial charge in [-0.1, -0.05) is 95.9 Å². The number of aryl methyl sites for hydroxylation is 2. The third-order valence-corrected chi connectivity index (χ3v) is 9.34. The molecule has 5 nitrogen and oxygen atoms in total. The molecule has 0 saturated heterocycles. The Morgan fingerprint density at radius 2 is 1.59 bits per heavy atom. The topological polar surface area (TPSA) is 44.9 Å². The molecule has 0 radical (unpaired) electrons. The summed E-state index contributed by atoms with van der Waals surface area (Å²) in [6, 6.07) is 38.9. The number of hydrogen-bond donors (Lipinski definition) is 0. The first kappa shape index (κ1) is 36.3. The van der Waals surface area contributed by atoms with Crippen molar-refractivity contribution in [3.63, 3.8) is 0 Å². The van der Waals surface area contributed by atoms with Gasteiger partial charge in [-0.05, 0) is 83.5 Å². The molecule has 4 aromatic carbocycles. The summed E-state index contributed by atoms with van der Waals surface area (Å²) < 4.78 is 10.8. The van der Waals surface area contributed by atoms with Crippen LogP contribution in [0.4, 0.5) is 0 Å². The molecule has 3 aromatic heterocycles. The summed E-state index contributed by atoms with van der Waals surface area (Å²) in [7, 11) is 0. The summed E-state index contributed by atoms with van der Waals surface area (Å²) in [6.45, 7) is 15.7. The van der Waals surface area contributed by atoms with Gasteiger partial charge in [0.1, 0.15) is 5.82 Å². The number of para-hydroxylation sites is 1. The molecule has 7 aromatic rings. The Morgan fingerprint density at radius 1 is 0.824 bits per heavy atom. The van der Waals surface area contributed by atoms with Crippen molar-refractivity contribution in [1.82, 2.24) is 19.3 Å². The van der Waals surface area contributed by atoms with E-state index in [4.69, 9.17) is 14.8 Å². The Labute approximate surface area is 316 Å². The molecule has 0 saturated carbocycles. The average molecular weight is 765 g/mol. The molecule has 0 aliphatic heterocycles. The number of benzene rings is 4. The molecule has 262 valence electrons. The van der Waals surface area contributed by atoms with Crippen LogP contribution in [0.5, 0.6) is 11.5 Å². The summed E-state index contributed by atoms with van der Waals surface area (Å²) in [5.41, 5.74) is 10.3. The number of aromatic nitrogens is 4. The van der Waals surface area contributed by atoms with Gasteiger partial charge in [-0.15, -0.1) is 35.7 Å². The van der Waals surface area contributed by atoms with E-state index in [1.54, 1.807) is 0 Å². The predicted octanol–water partition coefficient (Wildman–Crippen LogP) is 11.8. The van der Waals surface area contributed by atoms with Gasteiger partial charge in [-0.2, -0.15) is 17.2 Å². The van der Waals surface area contributed by atoms with Crippen LogP contribution in [0.2, 0.25) is 0 Å². The zero-order chi connectivity index (χ0) is 35.0. The SMILES string of the molecule is CCCc1ccc(-c2c(C(C)C)nn(-c3[c-]c(Oc4[c-]c5c(cc4)c4ccccc4n5-c4cc(C)ccn4)ccc3)c2CCC(C)(C)C)cc1.[Pd+2]. The Kier molecular flexibility index (Phi) is 10.7. The first-order valence-electron chi connectivity index (χ1n) is 17.9. The zero-order valence-electron chi connectivity index (χ0n) is 30.7. The van der Waals surface area contributed by atoms with E-state index in [1.165, 1.54) is 22.4 Å². The molecule has 3 heterocycles. The minimum absolute atomic E-state index is 0. The molecule has 0 amide bonds. The largest absolute Gasteiger partial charge is 2.00 e. The Morgan fingerprint density at radius 3 is 2.31 bits per heavy atom. The summed E-state index contributed by atoms with van der Waals surface area (Å²) in [4.78, 5) is 4.72. The van der Waals surface area contributed by atoms with E-state index >= 15 is 0 Å². The van der Waals surface area contributed by atoms with E-state index in [1.807, 2.05) is 30.5 Å². The first-order chi connectivity index (χ1) is 24.1. The summed E-state index contributed by atoms with van der Waals surface area (Å²) in [5, 5.41) is 7.55. The van der Waals surface area contributed by atoms with Gasteiger partial charge in [-0.25, -0.2) is 4.98 Å². The second kappa shape index (κ2) is 15.0. The van der Waals surface area contributed by atoms with E-state index in [9.17, 15) is 0 Å². The Balaban J connectivity index is 0.00000448. The third kappa shape index (κ3) is 7.59. The first-order valence-corrected chi connectivity index (χ1v) is 17.9. The Bertz CT molecular complexity index is 2290. The van der Waals surface area contributed by atoms with Crippen LogP contribution in [-0.2, 0) is 33.3 Å². The fourth-order valence-electron chi connectivity index (χ4n) is 6.79. The summed E-state index contributed by atoms with van der Waals surface area (Å²) in [6.07, 6.45) is 6.01. The van der Waals surface area contributed by atoms with E-state index in [2.05, 4.69) is 137 Å². The standard InChI is InChI=1S/C45H46N4O.Pd/c1-8-12-32-17-19-33(20-18-32)43-40(23-25-45(5,6)7)49(47-44(43)30(2)3)34-13-11-14-35(28-34)50-36-21-22-38-37-15-9-10-16-39(37)48(41(38)29-36)42-27-31(4)24-26-46-42;/h9-11,13-22,24,26-27,30H,8,12,23,25H2,1-7H3;/q-2;+2. The van der Waals surface area contributed by atoms with Crippen molar-refractivity contribution in [1.29, 1.82) is 0 Å². The zero-order valence-corrected chi connectivity index (χ0v) is 32.2. The van der Waals surface area contributed by atoms with Crippen LogP contribution in [0.1, 0.15) is 82.8 Å². The van der Waals surface area contributed by atoms with Crippen LogP contribution in [0.3, 0.4) is 0 Å². The number of fused-ring (bicyclic) bond motifs is 3. The van der Waals surface area contributed by atoms with Crippen LogP contribution in [0.15, 0.2) is 97.2 Å². The maximum Gasteiger partial charge on any atom is 2.00 e. The molecule has 0 aliphatic rings. The molecule has 6 heteroatoms. The van der Waals surface area contributed by atoms with Gasteiger partial charge in [0.25, 0.3) is 0 Å². The second-order valence-electron chi connectivity index (χ2n) is 14.9. The van der Waals surface area contributed by atoms with Gasteiger partial charge in [-0.3, -0.25) is 4.68 Å². The molecule has 0 aliphatic carbocycles. The maximum absolute atomic E-state index is 6.53. The molecule has 0 bridgehead atoms. The fourth-order valence-corrected chi connectivity index (χ4v) is 6.79. The maximum atomic E-state index is 6.53. The molecule has 0 atom stereocenters. The van der Waals surface area contributed by atoms with E-state index < -0.39 is 0 Å². The summed E-state index contributed by atoms with van der Waals surface area (Å²) in [5.74, 6) is 2.34. The second-order valence-corrected chi connectivity index (χ2v) is 14.9. The van der Waals surface area contributed by atoms with Crippen LogP contribution in [-0.4, -0.2) is 19.3 Å². The minimum Gasteiger partial charge on any atom is -0.509 e. The van der Waals surface area contributed by atoms with Crippen LogP contribution < -0.4 is 4.74 Å². The van der Waals surface area contributed by atoms with Crippen LogP contribution in [0, 0.1) is 24.5 Å². The van der Waals surface area contributed by atoms with Gasteiger partial charge in [0.05, 0.1) is 5.69 Å². The van der Waals surface area contributed by atoms with Gasteiger partial charge in [0, 0.05) is 34.5 Å². The van der Waals surface area contributed by atoms with Crippen molar-refractivity contribution >= 4 is 21.8 Å². The van der Waals surface area contributed by atoms with E-state index in [0.717, 1.165) is 70.3 Å². The van der Waals surface area contributed by atoms with Crippen LogP contribution >= 0.6 is 0 Å². The average Bonchev–Trinajstić information content (AvgIpc) is 3.64. The molecule has 0 unspecified atom stereocenters. The smallest absolute Gasteiger partial charge is 0.509 e. The van der Waals surface area contributed by atoms with Gasteiger partial charge >= 0.3 is 20.4 Å². The molecule has 0 fully saturated rings. The van der Waals surface area contributed by atoms with E-state index in [-0.39, 0.29) is 31.8 Å². The number of pyridine rings is 1. The van der Waals surface area contributed by atoms with E-state index in [0.29, 0.717) is 11.5 Å². The van der Waals surface area contributed by atoms with Crippen molar-refractivity contribution in [3.05, 3.63) is 132 Å². The van der Waals surface area contributed by atoms with Crippen molar-refractivity contribution < 1.29 is 25.2 Å². The number of ether oxygens (including phenoxy) is 1. The Hall–Kier alpha value is -4.50. The van der Waals surface area contributed by atoms with Crippen molar-refractivity contribution in [2.45, 2.75) is 80.1 Å². The fraction of sp³-hybridized carbons (Fsp3) is 0.289. The predicted molar refractivity (Wildman–Crippen MR) is 206 cm³/mol. The van der Waals surface area contributed by atoms with Crippen molar-refractivity contribution in [2.75, 3.05) is 0 Å². The molecule has 7 rings (SSSR count). The third-order valence-electron chi connectivity index (χ3n) is 9.34. The summed E-state index contributed by atoms with van der Waals surface area (Å²) >= 11 is 0. The molecular formula is C45H46N4OPd. The molecular weight excluding hydrogens is 719 g/mol. The molecule has 0 N–H and O–H groups in total. The van der Waals surface area contributed by atoms with Crippen molar-refractivity contribution in [2.24, 2.45) is 5.41 Å². The van der Waals surface area contributed by atoms with Gasteiger partial charge in [0.15, 0.2) is 0 Å². The number of hydrogen-bond acceptors (Lipinski definition) is 3. The quantitative estimate of drug-likeness (QED) is 0.103. The monoisotopic (exact) mass is 764 g/mol. The number of rotatable bonds is 10. The normalized spacial score (nSPS) is 11.8. The van der Waals surface area contributed by atoms with Gasteiger partial charge in [0.2, 0.25) is 0 Å².